The molecule has 0 spiro atoms. The highest BCUT2D eigenvalue weighted by molar-refractivity contribution is 7.17. The maximum absolute atomic E-state index is 4.64. The number of para-hydroxylation sites is 1. The Balaban J connectivity index is 1.58. The molecular weight excluding hydrogens is 362 g/mol. The lowest BCUT2D eigenvalue weighted by molar-refractivity contribution is 0.649. The summed E-state index contributed by atoms with van der Waals surface area (Å²) in [5.74, 6) is 1.05. The van der Waals surface area contributed by atoms with Crippen molar-refractivity contribution in [3.05, 3.63) is 89.8 Å². The van der Waals surface area contributed by atoms with Gasteiger partial charge in [-0.15, -0.1) is 11.3 Å². The summed E-state index contributed by atoms with van der Waals surface area (Å²) in [5.41, 5.74) is 3.58. The van der Waals surface area contributed by atoms with Gasteiger partial charge in [0.05, 0.1) is 11.0 Å². The average Bonchev–Trinajstić information content (AvgIpc) is 3.34. The van der Waals surface area contributed by atoms with Gasteiger partial charge in [-0.05, 0) is 46.7 Å². The van der Waals surface area contributed by atoms with Crippen molar-refractivity contribution in [2.45, 2.75) is 6.17 Å². The first kappa shape index (κ1) is 15.7. The minimum absolute atomic E-state index is 0.0812. The van der Waals surface area contributed by atoms with Gasteiger partial charge in [-0.2, -0.15) is 0 Å². The number of aliphatic imine (C=N–C) groups is 1. The van der Waals surface area contributed by atoms with Crippen LogP contribution >= 0.6 is 11.3 Å². The molecule has 1 aliphatic rings. The summed E-state index contributed by atoms with van der Waals surface area (Å²) >= 11 is 1.79. The number of aromatic nitrogens is 1. The second-order valence-corrected chi connectivity index (χ2v) is 7.94. The van der Waals surface area contributed by atoms with Crippen LogP contribution in [0.1, 0.15) is 11.7 Å². The second kappa shape index (κ2) is 6.08. The largest absolute Gasteiger partial charge is 0.346 e. The van der Waals surface area contributed by atoms with Crippen LogP contribution in [-0.4, -0.2) is 10.8 Å². The van der Waals surface area contributed by atoms with E-state index in [-0.39, 0.29) is 6.17 Å². The van der Waals surface area contributed by atoms with E-state index in [9.17, 15) is 0 Å². The molecule has 1 N–H and O–H groups in total. The van der Waals surface area contributed by atoms with Gasteiger partial charge >= 0.3 is 0 Å². The zero-order chi connectivity index (χ0) is 18.5. The number of thiophene rings is 1. The van der Waals surface area contributed by atoms with E-state index in [0.29, 0.717) is 0 Å². The molecule has 0 radical (unpaired) electrons. The summed E-state index contributed by atoms with van der Waals surface area (Å²) in [6, 6.07) is 25.8. The number of benzene rings is 3. The lowest BCUT2D eigenvalue weighted by atomic mass is 10.1. The number of allylic oxidation sites excluding steroid dienone is 1. The Morgan fingerprint density at radius 1 is 0.857 bits per heavy atom. The molecule has 0 bridgehead atoms. The van der Waals surface area contributed by atoms with Gasteiger partial charge in [0.1, 0.15) is 12.0 Å². The van der Waals surface area contributed by atoms with E-state index in [0.717, 1.165) is 11.4 Å². The van der Waals surface area contributed by atoms with E-state index >= 15 is 0 Å². The Hall–Kier alpha value is -3.37. The highest BCUT2D eigenvalue weighted by Crippen LogP contribution is 2.36. The fraction of sp³-hybridized carbons (Fsp3) is 0.0417. The molecule has 3 heterocycles. The van der Waals surface area contributed by atoms with Crippen molar-refractivity contribution < 1.29 is 0 Å². The van der Waals surface area contributed by atoms with Crippen LogP contribution in [0.25, 0.3) is 37.7 Å². The zero-order valence-electron chi connectivity index (χ0n) is 15.0. The molecule has 1 aliphatic heterocycles. The summed E-state index contributed by atoms with van der Waals surface area (Å²) in [5, 5.41) is 9.63. The van der Waals surface area contributed by atoms with E-state index in [1.807, 2.05) is 12.3 Å². The normalized spacial score (nSPS) is 16.6. The first-order chi connectivity index (χ1) is 13.9. The van der Waals surface area contributed by atoms with E-state index in [1.54, 1.807) is 11.3 Å². The molecule has 28 heavy (non-hydrogen) atoms. The van der Waals surface area contributed by atoms with Gasteiger partial charge in [0, 0.05) is 21.7 Å². The molecule has 3 nitrogen and oxygen atoms in total. The van der Waals surface area contributed by atoms with Crippen LogP contribution in [0.15, 0.2) is 89.2 Å². The maximum Gasteiger partial charge on any atom is 0.145 e. The molecule has 1 atom stereocenters. The van der Waals surface area contributed by atoms with Crippen molar-refractivity contribution in [1.82, 2.24) is 9.88 Å². The van der Waals surface area contributed by atoms with Gasteiger partial charge in [0.2, 0.25) is 0 Å². The van der Waals surface area contributed by atoms with Crippen LogP contribution in [0.4, 0.5) is 0 Å². The van der Waals surface area contributed by atoms with Gasteiger partial charge < -0.3 is 5.32 Å². The predicted octanol–water partition coefficient (Wildman–Crippen LogP) is 6.18. The smallest absolute Gasteiger partial charge is 0.145 e. The minimum Gasteiger partial charge on any atom is -0.346 e. The standard InChI is InChI=1S/C24H17N3S/c1-2-6-16(7-3-1)24-25-12-10-23(26-24)27-20-9-5-4-8-18(20)19-15-22-17(11-13-28-22)14-21(19)27/h1-15,24,26H. The molecule has 0 saturated carbocycles. The molecule has 134 valence electrons. The Kier molecular flexibility index (Phi) is 3.40. The van der Waals surface area contributed by atoms with Gasteiger partial charge in [-0.3, -0.25) is 9.56 Å². The van der Waals surface area contributed by atoms with E-state index in [1.165, 1.54) is 31.9 Å². The first-order valence-electron chi connectivity index (χ1n) is 9.34. The van der Waals surface area contributed by atoms with Crippen LogP contribution < -0.4 is 5.32 Å². The lowest BCUT2D eigenvalue weighted by Crippen LogP contribution is -2.24. The van der Waals surface area contributed by atoms with Gasteiger partial charge in [-0.25, -0.2) is 0 Å². The zero-order valence-corrected chi connectivity index (χ0v) is 15.9. The molecule has 0 amide bonds. The van der Waals surface area contributed by atoms with Gasteiger partial charge in [-0.1, -0.05) is 48.5 Å². The molecule has 0 fully saturated rings. The monoisotopic (exact) mass is 379 g/mol. The van der Waals surface area contributed by atoms with Crippen molar-refractivity contribution in [3.63, 3.8) is 0 Å². The molecule has 5 aromatic rings. The average molecular weight is 379 g/mol. The fourth-order valence-corrected chi connectivity index (χ4v) is 4.86. The van der Waals surface area contributed by atoms with Crippen LogP contribution in [-0.2, 0) is 0 Å². The highest BCUT2D eigenvalue weighted by atomic mass is 32.1. The van der Waals surface area contributed by atoms with E-state index in [2.05, 4.69) is 93.1 Å². The number of rotatable bonds is 2. The summed E-state index contributed by atoms with van der Waals surface area (Å²) < 4.78 is 3.65. The van der Waals surface area contributed by atoms with Crippen LogP contribution in [0.2, 0.25) is 0 Å². The van der Waals surface area contributed by atoms with Crippen LogP contribution in [0.3, 0.4) is 0 Å². The topological polar surface area (TPSA) is 29.3 Å². The van der Waals surface area contributed by atoms with Crippen LogP contribution in [0.5, 0.6) is 0 Å². The molecule has 1 unspecified atom stereocenters. The third-order valence-corrected chi connectivity index (χ3v) is 6.23. The van der Waals surface area contributed by atoms with Gasteiger partial charge in [0.25, 0.3) is 0 Å². The Morgan fingerprint density at radius 3 is 2.64 bits per heavy atom. The molecule has 2 aromatic heterocycles. The Bertz CT molecular complexity index is 1390. The predicted molar refractivity (Wildman–Crippen MR) is 120 cm³/mol. The first-order valence-corrected chi connectivity index (χ1v) is 10.2. The quantitative estimate of drug-likeness (QED) is 0.390. The van der Waals surface area contributed by atoms with Gasteiger partial charge in [0.15, 0.2) is 0 Å². The number of hydrogen-bond donors (Lipinski definition) is 1. The van der Waals surface area contributed by atoms with Crippen molar-refractivity contribution in [2.75, 3.05) is 0 Å². The molecule has 6 rings (SSSR count). The maximum atomic E-state index is 4.64. The summed E-state index contributed by atoms with van der Waals surface area (Å²) in [7, 11) is 0. The molecule has 0 aliphatic carbocycles. The summed E-state index contributed by atoms with van der Waals surface area (Å²) in [4.78, 5) is 4.64. The van der Waals surface area contributed by atoms with Crippen LogP contribution in [0, 0.1) is 0 Å². The number of nitrogens with zero attached hydrogens (tertiary/aromatic N) is 2. The minimum atomic E-state index is -0.0812. The SMILES string of the molecule is C1=NC(c2ccccc2)NC(n2c3ccccc3c3cc4sccc4cc32)=C1. The number of nitrogens with one attached hydrogen (secondary N) is 1. The number of fused-ring (bicyclic) bond motifs is 4. The van der Waals surface area contributed by atoms with Crippen molar-refractivity contribution >= 4 is 55.3 Å². The Morgan fingerprint density at radius 2 is 1.71 bits per heavy atom. The third kappa shape index (κ3) is 2.31. The van der Waals surface area contributed by atoms with Crippen molar-refractivity contribution in [2.24, 2.45) is 4.99 Å². The van der Waals surface area contributed by atoms with E-state index < -0.39 is 0 Å². The number of hydrogen-bond acceptors (Lipinski definition) is 3. The molecular formula is C24H17N3S. The van der Waals surface area contributed by atoms with E-state index in [4.69, 9.17) is 0 Å². The fourth-order valence-electron chi connectivity index (χ4n) is 4.05. The lowest BCUT2D eigenvalue weighted by Gasteiger charge is -2.23. The van der Waals surface area contributed by atoms with Crippen molar-refractivity contribution in [3.8, 4) is 0 Å². The van der Waals surface area contributed by atoms with Crippen molar-refractivity contribution in [1.29, 1.82) is 0 Å². The molecule has 4 heteroatoms. The Labute approximate surface area is 166 Å². The third-order valence-electron chi connectivity index (χ3n) is 5.36. The molecule has 3 aromatic carbocycles. The molecule has 0 saturated heterocycles. The highest BCUT2D eigenvalue weighted by Gasteiger charge is 2.19. The summed E-state index contributed by atoms with van der Waals surface area (Å²) in [6.07, 6.45) is 3.89. The second-order valence-electron chi connectivity index (χ2n) is 6.99. The summed E-state index contributed by atoms with van der Waals surface area (Å²) in [6.45, 7) is 0.